The molecule has 2 aromatic carbocycles. The maximum absolute atomic E-state index is 12.5. The first kappa shape index (κ1) is 20.6. The van der Waals surface area contributed by atoms with Crippen molar-refractivity contribution in [1.29, 1.82) is 0 Å². The molecule has 9 nitrogen and oxygen atoms in total. The van der Waals surface area contributed by atoms with Gasteiger partial charge in [-0.25, -0.2) is 8.42 Å². The normalized spacial score (nSPS) is 15.4. The molecule has 11 heteroatoms. The van der Waals surface area contributed by atoms with E-state index in [1.54, 1.807) is 0 Å². The second kappa shape index (κ2) is 7.70. The Balaban J connectivity index is 1.97. The van der Waals surface area contributed by atoms with Crippen molar-refractivity contribution in [2.45, 2.75) is 36.6 Å². The van der Waals surface area contributed by atoms with Gasteiger partial charge in [-0.2, -0.15) is 0 Å². The molecule has 2 aromatic rings. The maximum atomic E-state index is 12.5. The topological polar surface area (TPSA) is 125 Å². The van der Waals surface area contributed by atoms with Crippen molar-refractivity contribution in [1.82, 2.24) is 4.47 Å². The lowest BCUT2D eigenvalue weighted by Gasteiger charge is -2.21. The third-order valence-corrected chi connectivity index (χ3v) is 6.99. The van der Waals surface area contributed by atoms with E-state index in [-0.39, 0.29) is 28.1 Å². The molecule has 0 saturated heterocycles. The molecule has 0 bridgehead atoms. The van der Waals surface area contributed by atoms with Crippen LogP contribution in [0.15, 0.2) is 26.6 Å². The molecule has 1 fully saturated rings. The average Bonchev–Trinajstić information content (AvgIpc) is 3.18. The van der Waals surface area contributed by atoms with Gasteiger partial charge in [-0.3, -0.25) is 14.4 Å². The number of sulfonamides is 1. The molecular formula is C17H20ClN3O6S. The molecule has 28 heavy (non-hydrogen) atoms. The van der Waals surface area contributed by atoms with Crippen molar-refractivity contribution < 1.29 is 18.4 Å². The van der Waals surface area contributed by atoms with Crippen LogP contribution < -0.4 is 21.5 Å². The van der Waals surface area contributed by atoms with E-state index in [4.69, 9.17) is 16.4 Å². The summed E-state index contributed by atoms with van der Waals surface area (Å²) in [6.07, 6.45) is 3.89. The Labute approximate surface area is 166 Å². The average molecular weight is 430 g/mol. The fourth-order valence-electron chi connectivity index (χ4n) is 3.18. The Morgan fingerprint density at radius 2 is 1.79 bits per heavy atom. The van der Waals surface area contributed by atoms with Crippen LogP contribution in [0, 0.1) is 0 Å². The summed E-state index contributed by atoms with van der Waals surface area (Å²) in [5.41, 5.74) is -1.33. The standard InChI is InChI=1S/C17H20ClN3O6S/c1-21(27-2)28(25,26)17-10(18)7-8-11(14(17)22)20-13-12(15(23)16(13)24)19-9-5-3-4-6-9/h7-9,19-20,22H,3-6H2,1-2H3. The van der Waals surface area contributed by atoms with E-state index in [1.807, 2.05) is 0 Å². The number of benzene rings is 1. The van der Waals surface area contributed by atoms with Gasteiger partial charge in [-0.05, 0) is 25.0 Å². The van der Waals surface area contributed by atoms with Crippen molar-refractivity contribution in [3.05, 3.63) is 37.6 Å². The van der Waals surface area contributed by atoms with Crippen LogP contribution in [0.2, 0.25) is 5.02 Å². The van der Waals surface area contributed by atoms with E-state index in [1.165, 1.54) is 12.1 Å². The summed E-state index contributed by atoms with van der Waals surface area (Å²) in [6, 6.07) is 2.68. The lowest BCUT2D eigenvalue weighted by molar-refractivity contribution is -0.0259. The lowest BCUT2D eigenvalue weighted by Crippen LogP contribution is -2.38. The summed E-state index contributed by atoms with van der Waals surface area (Å²) in [6.45, 7) is 0. The van der Waals surface area contributed by atoms with Crippen LogP contribution in [-0.2, 0) is 14.9 Å². The van der Waals surface area contributed by atoms with Crippen molar-refractivity contribution in [3.63, 3.8) is 0 Å². The number of phenolic OH excluding ortho intramolecular Hbond substituents is 1. The predicted octanol–water partition coefficient (Wildman–Crippen LogP) is 1.92. The number of halogens is 1. The first-order valence-corrected chi connectivity index (χ1v) is 10.4. The van der Waals surface area contributed by atoms with Crippen LogP contribution in [0.25, 0.3) is 0 Å². The van der Waals surface area contributed by atoms with Crippen molar-refractivity contribution in [3.8, 4) is 5.75 Å². The molecule has 0 aliphatic heterocycles. The van der Waals surface area contributed by atoms with Gasteiger partial charge >= 0.3 is 0 Å². The highest BCUT2D eigenvalue weighted by Crippen LogP contribution is 2.40. The van der Waals surface area contributed by atoms with Crippen LogP contribution in [0.5, 0.6) is 5.75 Å². The number of aromatic hydroxyl groups is 1. The Kier molecular flexibility index (Phi) is 5.67. The van der Waals surface area contributed by atoms with E-state index >= 15 is 0 Å². The smallest absolute Gasteiger partial charge is 0.269 e. The van der Waals surface area contributed by atoms with Gasteiger partial charge in [0.05, 0.1) is 17.8 Å². The van der Waals surface area contributed by atoms with E-state index in [0.29, 0.717) is 4.47 Å². The number of hydroxylamine groups is 1. The number of phenols is 1. The highest BCUT2D eigenvalue weighted by atomic mass is 35.5. The number of hydrogen-bond donors (Lipinski definition) is 3. The second-order valence-corrected chi connectivity index (χ2v) is 8.81. The van der Waals surface area contributed by atoms with Crippen molar-refractivity contribution in [2.24, 2.45) is 0 Å². The zero-order chi connectivity index (χ0) is 20.6. The van der Waals surface area contributed by atoms with Gasteiger partial charge in [-0.15, -0.1) is 0 Å². The van der Waals surface area contributed by atoms with Crippen molar-refractivity contribution in [2.75, 3.05) is 24.8 Å². The lowest BCUT2D eigenvalue weighted by atomic mass is 10.1. The largest absolute Gasteiger partial charge is 0.504 e. The minimum absolute atomic E-state index is 0.0158. The fraction of sp³-hybridized carbons (Fsp3) is 0.412. The van der Waals surface area contributed by atoms with E-state index in [0.717, 1.165) is 39.8 Å². The molecular weight excluding hydrogens is 410 g/mol. The number of nitrogens with zero attached hydrogens (tertiary/aromatic N) is 1. The van der Waals surface area contributed by atoms with Crippen LogP contribution in [-0.4, -0.2) is 38.2 Å². The molecule has 3 N–H and O–H groups in total. The van der Waals surface area contributed by atoms with Gasteiger partial charge in [-0.1, -0.05) is 28.9 Å². The fourth-order valence-corrected chi connectivity index (χ4v) is 4.74. The highest BCUT2D eigenvalue weighted by Gasteiger charge is 2.31. The van der Waals surface area contributed by atoms with E-state index < -0.39 is 31.5 Å². The van der Waals surface area contributed by atoms with Gasteiger partial charge in [0.25, 0.3) is 20.9 Å². The number of nitrogens with one attached hydrogen (secondary N) is 2. The Morgan fingerprint density at radius 3 is 2.39 bits per heavy atom. The Morgan fingerprint density at radius 1 is 1.18 bits per heavy atom. The summed E-state index contributed by atoms with van der Waals surface area (Å²) in [4.78, 5) is 28.0. The zero-order valence-electron chi connectivity index (χ0n) is 15.3. The van der Waals surface area contributed by atoms with Gasteiger partial charge in [0, 0.05) is 13.1 Å². The second-order valence-electron chi connectivity index (χ2n) is 6.53. The quantitative estimate of drug-likeness (QED) is 0.346. The van der Waals surface area contributed by atoms with Gasteiger partial charge in [0.2, 0.25) is 0 Å². The predicted molar refractivity (Wildman–Crippen MR) is 106 cm³/mol. The van der Waals surface area contributed by atoms with Crippen molar-refractivity contribution >= 4 is 38.7 Å². The van der Waals surface area contributed by atoms with E-state index in [2.05, 4.69) is 10.6 Å². The maximum Gasteiger partial charge on any atom is 0.269 e. The molecule has 0 radical (unpaired) electrons. The summed E-state index contributed by atoms with van der Waals surface area (Å²) < 4.78 is 25.6. The zero-order valence-corrected chi connectivity index (χ0v) is 16.9. The first-order chi connectivity index (χ1) is 13.2. The van der Waals surface area contributed by atoms with Gasteiger partial charge in [0.15, 0.2) is 5.75 Å². The molecule has 0 unspecified atom stereocenters. The minimum Gasteiger partial charge on any atom is -0.504 e. The monoisotopic (exact) mass is 429 g/mol. The molecule has 0 heterocycles. The number of rotatable bonds is 7. The molecule has 1 saturated carbocycles. The molecule has 0 spiro atoms. The molecule has 3 rings (SSSR count). The van der Waals surface area contributed by atoms with Gasteiger partial charge in [0.1, 0.15) is 16.3 Å². The SMILES string of the molecule is CON(C)S(=O)(=O)c1c(Cl)ccc(Nc2c(NC3CCCC3)c(=O)c2=O)c1O. The molecule has 0 aromatic heterocycles. The van der Waals surface area contributed by atoms with Crippen LogP contribution >= 0.6 is 11.6 Å². The molecule has 1 aliphatic carbocycles. The summed E-state index contributed by atoms with van der Waals surface area (Å²) in [5.74, 6) is -0.684. The summed E-state index contributed by atoms with van der Waals surface area (Å²) in [7, 11) is -1.96. The third-order valence-electron chi connectivity index (χ3n) is 4.81. The summed E-state index contributed by atoms with van der Waals surface area (Å²) >= 11 is 5.97. The minimum atomic E-state index is -4.25. The van der Waals surface area contributed by atoms with E-state index in [9.17, 15) is 23.1 Å². The molecule has 0 atom stereocenters. The molecule has 152 valence electrons. The van der Waals surface area contributed by atoms with Crippen LogP contribution in [0.4, 0.5) is 17.1 Å². The Bertz CT molecular complexity index is 1070. The highest BCUT2D eigenvalue weighted by molar-refractivity contribution is 7.89. The number of anilines is 3. The third kappa shape index (κ3) is 3.48. The van der Waals surface area contributed by atoms with Gasteiger partial charge < -0.3 is 15.7 Å². The number of hydrogen-bond acceptors (Lipinski definition) is 8. The molecule has 1 aliphatic rings. The molecule has 0 amide bonds. The van der Waals surface area contributed by atoms with Crippen LogP contribution in [0.3, 0.4) is 0 Å². The summed E-state index contributed by atoms with van der Waals surface area (Å²) in [5, 5.41) is 16.0. The Hall–Kier alpha value is -2.14. The first-order valence-electron chi connectivity index (χ1n) is 8.59. The van der Waals surface area contributed by atoms with Crippen LogP contribution in [0.1, 0.15) is 25.7 Å².